The first kappa shape index (κ1) is 28.0. The number of aromatic carboxylic acids is 2. The number of benzene rings is 2. The number of aliphatic carboxylic acids is 1. The molecule has 0 aliphatic heterocycles. The van der Waals surface area contributed by atoms with Crippen LogP contribution in [-0.4, -0.2) is 41.1 Å². The Kier molecular flexibility index (Phi) is 16.9. The molecule has 0 saturated carbocycles. The fourth-order valence-electron chi connectivity index (χ4n) is 1.52. The van der Waals surface area contributed by atoms with Crippen LogP contribution < -0.4 is 15.9 Å². The Labute approximate surface area is 180 Å². The van der Waals surface area contributed by atoms with Gasteiger partial charge in [0.1, 0.15) is 6.04 Å². The Morgan fingerprint density at radius 3 is 1.50 bits per heavy atom. The van der Waals surface area contributed by atoms with Gasteiger partial charge >= 0.3 is 25.4 Å². The van der Waals surface area contributed by atoms with Crippen molar-refractivity contribution in [1.29, 1.82) is 0 Å². The molecule has 28 heavy (non-hydrogen) atoms. The van der Waals surface area contributed by atoms with E-state index in [-0.39, 0.29) is 30.6 Å². The summed E-state index contributed by atoms with van der Waals surface area (Å²) < 4.78 is 0. The molecule has 146 valence electrons. The van der Waals surface area contributed by atoms with E-state index in [4.69, 9.17) is 10.8 Å². The van der Waals surface area contributed by atoms with Crippen LogP contribution in [0.4, 0.5) is 0 Å². The van der Waals surface area contributed by atoms with Gasteiger partial charge in [0.05, 0.1) is 11.9 Å². The standard InChI is InChI=1S/2C7H6O2.C5H11NO2S.Zn/c2*8-7(9)6-4-2-1-3-5-6;1-9-3-2-4(6)5(7)8;/h2*1-5H,(H,8,9);4H,2-3,6H2,1H3,(H,7,8);/q;;;+2/p-2/t;;4-;/m..0./s1. The average Bonchev–Trinajstić information content (AvgIpc) is 2.68. The van der Waals surface area contributed by atoms with Crippen molar-refractivity contribution in [2.24, 2.45) is 5.73 Å². The molecular formula is C19H21NO6SZn. The van der Waals surface area contributed by atoms with Gasteiger partial charge in [-0.1, -0.05) is 60.7 Å². The van der Waals surface area contributed by atoms with Crippen molar-refractivity contribution in [2.75, 3.05) is 12.0 Å². The SMILES string of the molecule is CSCC[C@H](N)C(=O)O.O=C([O-])c1ccccc1.O=C([O-])c1ccccc1.[Zn+2]. The number of carboxylic acids is 3. The third kappa shape index (κ3) is 13.9. The minimum absolute atomic E-state index is 0. The fraction of sp³-hybridized carbons (Fsp3) is 0.211. The quantitative estimate of drug-likeness (QED) is 0.588. The molecule has 0 radical (unpaired) electrons. The van der Waals surface area contributed by atoms with Gasteiger partial charge in [0.15, 0.2) is 0 Å². The monoisotopic (exact) mass is 455 g/mol. The second-order valence-electron chi connectivity index (χ2n) is 5.03. The maximum atomic E-state index is 10.1. The number of nitrogens with two attached hydrogens (primary N) is 1. The van der Waals surface area contributed by atoms with Crippen LogP contribution in [0.5, 0.6) is 0 Å². The van der Waals surface area contributed by atoms with Crippen LogP contribution in [0, 0.1) is 0 Å². The molecule has 2 rings (SSSR count). The zero-order valence-electron chi connectivity index (χ0n) is 15.4. The molecule has 0 unspecified atom stereocenters. The smallest absolute Gasteiger partial charge is 0.545 e. The number of carbonyl (C=O) groups excluding carboxylic acids is 2. The van der Waals surface area contributed by atoms with Crippen LogP contribution in [0.1, 0.15) is 27.1 Å². The largest absolute Gasteiger partial charge is 2.00 e. The molecule has 0 aliphatic rings. The van der Waals surface area contributed by atoms with Gasteiger partial charge < -0.3 is 30.6 Å². The van der Waals surface area contributed by atoms with Crippen LogP contribution in [0.2, 0.25) is 0 Å². The van der Waals surface area contributed by atoms with Gasteiger partial charge in [-0.15, -0.1) is 0 Å². The van der Waals surface area contributed by atoms with Crippen LogP contribution in [-0.2, 0) is 24.3 Å². The molecule has 0 bridgehead atoms. The molecule has 0 aromatic heterocycles. The summed E-state index contributed by atoms with van der Waals surface area (Å²) in [6.45, 7) is 0. The topological polar surface area (TPSA) is 144 Å². The van der Waals surface area contributed by atoms with Crippen molar-refractivity contribution in [2.45, 2.75) is 12.5 Å². The zero-order chi connectivity index (χ0) is 20.7. The minimum Gasteiger partial charge on any atom is -0.545 e. The van der Waals surface area contributed by atoms with Gasteiger partial charge in [0.2, 0.25) is 0 Å². The van der Waals surface area contributed by atoms with E-state index in [0.29, 0.717) is 6.42 Å². The summed E-state index contributed by atoms with van der Waals surface area (Å²) in [6.07, 6.45) is 2.48. The van der Waals surface area contributed by atoms with E-state index in [1.807, 2.05) is 6.26 Å². The van der Waals surface area contributed by atoms with Crippen molar-refractivity contribution in [3.63, 3.8) is 0 Å². The third-order valence-electron chi connectivity index (χ3n) is 2.97. The third-order valence-corrected chi connectivity index (χ3v) is 3.61. The molecule has 0 spiro atoms. The van der Waals surface area contributed by atoms with E-state index in [1.54, 1.807) is 48.2 Å². The summed E-state index contributed by atoms with van der Waals surface area (Å²) in [5.41, 5.74) is 5.63. The molecule has 1 atom stereocenters. The Hall–Kier alpha value is -2.22. The van der Waals surface area contributed by atoms with E-state index in [1.165, 1.54) is 24.3 Å². The molecule has 9 heteroatoms. The predicted molar refractivity (Wildman–Crippen MR) is 100 cm³/mol. The van der Waals surface area contributed by atoms with E-state index >= 15 is 0 Å². The maximum Gasteiger partial charge on any atom is 2.00 e. The summed E-state index contributed by atoms with van der Waals surface area (Å²) in [5.74, 6) is -2.36. The van der Waals surface area contributed by atoms with Gasteiger partial charge in [0.25, 0.3) is 0 Å². The first-order valence-corrected chi connectivity index (χ1v) is 9.19. The molecule has 0 saturated heterocycles. The number of rotatable bonds is 6. The Morgan fingerprint density at radius 1 is 0.929 bits per heavy atom. The van der Waals surface area contributed by atoms with Crippen molar-refractivity contribution >= 4 is 29.7 Å². The number of carboxylic acid groups (broad SMARTS) is 3. The second-order valence-corrected chi connectivity index (χ2v) is 6.02. The molecule has 2 aromatic carbocycles. The van der Waals surface area contributed by atoms with E-state index < -0.39 is 23.9 Å². The van der Waals surface area contributed by atoms with Gasteiger partial charge in [-0.25, -0.2) is 0 Å². The Bertz CT molecular complexity index is 651. The van der Waals surface area contributed by atoms with Crippen LogP contribution in [0.3, 0.4) is 0 Å². The Balaban J connectivity index is 0. The first-order valence-electron chi connectivity index (χ1n) is 7.79. The summed E-state index contributed by atoms with van der Waals surface area (Å²) in [7, 11) is 0. The first-order chi connectivity index (χ1) is 12.8. The van der Waals surface area contributed by atoms with Crippen LogP contribution in [0.15, 0.2) is 60.7 Å². The van der Waals surface area contributed by atoms with Gasteiger partial charge in [-0.05, 0) is 29.6 Å². The van der Waals surface area contributed by atoms with Crippen LogP contribution in [0.25, 0.3) is 0 Å². The minimum atomic E-state index is -1.13. The van der Waals surface area contributed by atoms with Crippen molar-refractivity contribution < 1.29 is 49.2 Å². The van der Waals surface area contributed by atoms with Gasteiger partial charge in [0, 0.05) is 0 Å². The number of thioether (sulfide) groups is 1. The molecule has 3 N–H and O–H groups in total. The van der Waals surface area contributed by atoms with Gasteiger partial charge in [-0.3, -0.25) is 4.79 Å². The number of carbonyl (C=O) groups is 3. The maximum absolute atomic E-state index is 10.1. The van der Waals surface area contributed by atoms with Crippen molar-refractivity contribution in [3.05, 3.63) is 71.8 Å². The summed E-state index contributed by atoms with van der Waals surface area (Å²) >= 11 is 1.60. The van der Waals surface area contributed by atoms with Crippen molar-refractivity contribution in [3.8, 4) is 0 Å². The molecule has 0 amide bonds. The van der Waals surface area contributed by atoms with Gasteiger partial charge in [-0.2, -0.15) is 11.8 Å². The summed E-state index contributed by atoms with van der Waals surface area (Å²) in [6, 6.07) is 15.4. The molecule has 2 aromatic rings. The fourth-order valence-corrected chi connectivity index (χ4v) is 2.01. The average molecular weight is 457 g/mol. The normalized spacial score (nSPS) is 9.93. The predicted octanol–water partition coefficient (Wildman–Crippen LogP) is 0.249. The second kappa shape index (κ2) is 16.9. The van der Waals surface area contributed by atoms with E-state index in [2.05, 4.69) is 0 Å². The molecule has 7 nitrogen and oxygen atoms in total. The zero-order valence-corrected chi connectivity index (χ0v) is 19.2. The van der Waals surface area contributed by atoms with E-state index in [9.17, 15) is 24.6 Å². The number of hydrogen-bond donors (Lipinski definition) is 2. The molecule has 0 fully saturated rings. The number of hydrogen-bond acceptors (Lipinski definition) is 7. The molecule has 0 aliphatic carbocycles. The molecule has 0 heterocycles. The van der Waals surface area contributed by atoms with Crippen molar-refractivity contribution in [1.82, 2.24) is 0 Å². The van der Waals surface area contributed by atoms with E-state index in [0.717, 1.165) is 5.75 Å². The Morgan fingerprint density at radius 2 is 1.29 bits per heavy atom. The molecular weight excluding hydrogens is 436 g/mol. The summed E-state index contributed by atoms with van der Waals surface area (Å²) in [4.78, 5) is 30.3. The summed E-state index contributed by atoms with van der Waals surface area (Å²) in [5, 5.41) is 28.5. The van der Waals surface area contributed by atoms with Crippen LogP contribution >= 0.6 is 11.8 Å².